The number of carbonyl (C=O) groups is 1. The van der Waals surface area contributed by atoms with Gasteiger partial charge in [0, 0.05) is 6.20 Å². The second-order valence-electron chi connectivity index (χ2n) is 6.19. The van der Waals surface area contributed by atoms with Crippen LogP contribution in [0.25, 0.3) is 0 Å². The summed E-state index contributed by atoms with van der Waals surface area (Å²) in [7, 11) is 0. The summed E-state index contributed by atoms with van der Waals surface area (Å²) in [6, 6.07) is 8.76. The van der Waals surface area contributed by atoms with Crippen LogP contribution in [-0.2, 0) is 11.2 Å². The van der Waals surface area contributed by atoms with Gasteiger partial charge in [-0.25, -0.2) is 0 Å². The van der Waals surface area contributed by atoms with Crippen molar-refractivity contribution in [3.05, 3.63) is 48.2 Å². The van der Waals surface area contributed by atoms with E-state index in [2.05, 4.69) is 41.1 Å². The minimum absolute atomic E-state index is 0.150. The lowest BCUT2D eigenvalue weighted by Crippen LogP contribution is -2.28. The summed E-state index contributed by atoms with van der Waals surface area (Å²) in [5.74, 6) is -0.241. The molecule has 1 atom stereocenters. The lowest BCUT2D eigenvalue weighted by Gasteiger charge is -2.17. The third-order valence-corrected chi connectivity index (χ3v) is 4.54. The molecular formula is C18H18F3N7O2S. The normalized spacial score (nSPS) is 12.1. The second kappa shape index (κ2) is 10.0. The van der Waals surface area contributed by atoms with Crippen LogP contribution < -0.4 is 20.7 Å². The molecule has 13 heteroatoms. The number of halogens is 3. The Bertz CT molecular complexity index is 1000. The maximum absolute atomic E-state index is 12.3. The van der Waals surface area contributed by atoms with E-state index in [9.17, 15) is 18.0 Å². The van der Waals surface area contributed by atoms with Crippen molar-refractivity contribution in [2.24, 2.45) is 0 Å². The van der Waals surface area contributed by atoms with Crippen LogP contribution >= 0.6 is 11.3 Å². The average Bonchev–Trinajstić information content (AvgIpc) is 3.13. The van der Waals surface area contributed by atoms with E-state index >= 15 is 0 Å². The quantitative estimate of drug-likeness (QED) is 0.421. The van der Waals surface area contributed by atoms with Crippen LogP contribution in [0.5, 0.6) is 5.75 Å². The fourth-order valence-electron chi connectivity index (χ4n) is 2.48. The highest BCUT2D eigenvalue weighted by Gasteiger charge is 2.31. The zero-order valence-electron chi connectivity index (χ0n) is 16.2. The number of nitrogens with zero attached hydrogens (tertiary/aromatic N) is 4. The van der Waals surface area contributed by atoms with Gasteiger partial charge in [0.15, 0.2) is 0 Å². The molecule has 1 amide bonds. The highest BCUT2D eigenvalue weighted by Crippen LogP contribution is 2.24. The van der Waals surface area contributed by atoms with E-state index in [1.54, 1.807) is 18.3 Å². The molecule has 3 aromatic rings. The molecule has 2 heterocycles. The van der Waals surface area contributed by atoms with Gasteiger partial charge in [0.2, 0.25) is 16.2 Å². The highest BCUT2D eigenvalue weighted by molar-refractivity contribution is 7.19. The molecule has 0 fully saturated rings. The first-order valence-corrected chi connectivity index (χ1v) is 9.91. The molecule has 0 spiro atoms. The van der Waals surface area contributed by atoms with Gasteiger partial charge in [-0.05, 0) is 36.2 Å². The Morgan fingerprint density at radius 3 is 2.65 bits per heavy atom. The number of ether oxygens (including phenoxy) is 1. The van der Waals surface area contributed by atoms with E-state index in [1.807, 2.05) is 6.92 Å². The monoisotopic (exact) mass is 453 g/mol. The van der Waals surface area contributed by atoms with Crippen molar-refractivity contribution in [1.29, 1.82) is 0 Å². The number of hydrogen-bond donors (Lipinski definition) is 3. The lowest BCUT2D eigenvalue weighted by molar-refractivity contribution is -0.274. The number of benzene rings is 1. The fraction of sp³-hybridized carbons (Fsp3) is 0.278. The van der Waals surface area contributed by atoms with E-state index in [-0.39, 0.29) is 23.5 Å². The predicted molar refractivity (Wildman–Crippen MR) is 109 cm³/mol. The van der Waals surface area contributed by atoms with Crippen molar-refractivity contribution >= 4 is 33.3 Å². The number of hydrogen-bond acceptors (Lipinski definition) is 9. The molecule has 0 aliphatic carbocycles. The maximum atomic E-state index is 12.3. The third-order valence-electron chi connectivity index (χ3n) is 3.77. The molecule has 0 aliphatic heterocycles. The first-order chi connectivity index (χ1) is 14.8. The summed E-state index contributed by atoms with van der Waals surface area (Å²) >= 11 is 1.12. The van der Waals surface area contributed by atoms with Gasteiger partial charge in [-0.1, -0.05) is 30.4 Å². The number of anilines is 3. The summed E-state index contributed by atoms with van der Waals surface area (Å²) in [5, 5.41) is 25.2. The Morgan fingerprint density at radius 2 is 1.94 bits per heavy atom. The zero-order valence-corrected chi connectivity index (χ0v) is 17.0. The van der Waals surface area contributed by atoms with Gasteiger partial charge in [-0.3, -0.25) is 4.79 Å². The Hall–Kier alpha value is -3.48. The van der Waals surface area contributed by atoms with Crippen molar-refractivity contribution in [3.63, 3.8) is 0 Å². The molecule has 0 saturated heterocycles. The fourth-order valence-corrected chi connectivity index (χ4v) is 3.19. The van der Waals surface area contributed by atoms with Crippen molar-refractivity contribution in [2.45, 2.75) is 32.3 Å². The van der Waals surface area contributed by atoms with Gasteiger partial charge in [-0.2, -0.15) is 5.10 Å². The minimum Gasteiger partial charge on any atom is -0.406 e. The third kappa shape index (κ3) is 7.37. The van der Waals surface area contributed by atoms with Crippen LogP contribution in [0.4, 0.5) is 29.3 Å². The summed E-state index contributed by atoms with van der Waals surface area (Å²) in [6.45, 7) is 1.96. The van der Waals surface area contributed by atoms with Crippen molar-refractivity contribution in [3.8, 4) is 5.75 Å². The predicted octanol–water partition coefficient (Wildman–Crippen LogP) is 3.67. The molecule has 31 heavy (non-hydrogen) atoms. The number of carbonyl (C=O) groups excluding carboxylic acids is 1. The smallest absolute Gasteiger partial charge is 0.406 e. The Labute approximate surface area is 179 Å². The van der Waals surface area contributed by atoms with E-state index < -0.39 is 12.3 Å². The molecule has 3 rings (SSSR count). The number of nitrogens with one attached hydrogen (secondary N) is 3. The van der Waals surface area contributed by atoms with E-state index in [1.165, 1.54) is 12.1 Å². The largest absolute Gasteiger partial charge is 0.573 e. The van der Waals surface area contributed by atoms with Crippen LogP contribution in [0.15, 0.2) is 42.6 Å². The second-order valence-corrected chi connectivity index (χ2v) is 7.17. The summed E-state index contributed by atoms with van der Waals surface area (Å²) in [4.78, 5) is 12.2. The molecular weight excluding hydrogens is 435 g/mol. The average molecular weight is 453 g/mol. The molecule has 0 radical (unpaired) electrons. The van der Waals surface area contributed by atoms with Gasteiger partial charge >= 0.3 is 6.36 Å². The molecule has 2 aromatic heterocycles. The summed E-state index contributed by atoms with van der Waals surface area (Å²) in [6.07, 6.45) is -2.87. The van der Waals surface area contributed by atoms with Gasteiger partial charge < -0.3 is 20.7 Å². The number of amides is 1. The summed E-state index contributed by atoms with van der Waals surface area (Å²) in [5.41, 5.74) is 0.362. The van der Waals surface area contributed by atoms with Crippen LogP contribution in [0, 0.1) is 0 Å². The number of aromatic nitrogens is 4. The van der Waals surface area contributed by atoms with Crippen LogP contribution in [-0.4, -0.2) is 38.8 Å². The first kappa shape index (κ1) is 22.2. The Kier molecular flexibility index (Phi) is 7.18. The SMILES string of the molecule is CC[C@H](Nc1cccnn1)Nc1nnc(NC(=O)Cc2cccc(OC(F)(F)F)c2)s1. The highest BCUT2D eigenvalue weighted by atomic mass is 32.1. The van der Waals surface area contributed by atoms with Gasteiger partial charge in [0.05, 0.1) is 12.6 Å². The molecule has 3 N–H and O–H groups in total. The van der Waals surface area contributed by atoms with E-state index in [0.717, 1.165) is 23.5 Å². The molecule has 0 saturated carbocycles. The number of alkyl halides is 3. The van der Waals surface area contributed by atoms with Crippen molar-refractivity contribution in [2.75, 3.05) is 16.0 Å². The minimum atomic E-state index is -4.80. The van der Waals surface area contributed by atoms with Crippen LogP contribution in [0.3, 0.4) is 0 Å². The van der Waals surface area contributed by atoms with Gasteiger partial charge in [0.1, 0.15) is 11.6 Å². The van der Waals surface area contributed by atoms with Crippen molar-refractivity contribution < 1.29 is 22.7 Å². The number of rotatable bonds is 9. The Morgan fingerprint density at radius 1 is 1.13 bits per heavy atom. The molecule has 1 aromatic carbocycles. The first-order valence-electron chi connectivity index (χ1n) is 9.09. The van der Waals surface area contributed by atoms with Gasteiger partial charge in [-0.15, -0.1) is 28.5 Å². The maximum Gasteiger partial charge on any atom is 0.573 e. The molecule has 0 aliphatic rings. The molecule has 164 valence electrons. The van der Waals surface area contributed by atoms with Gasteiger partial charge in [0.25, 0.3) is 0 Å². The van der Waals surface area contributed by atoms with Crippen molar-refractivity contribution in [1.82, 2.24) is 20.4 Å². The van der Waals surface area contributed by atoms with E-state index in [4.69, 9.17) is 0 Å². The van der Waals surface area contributed by atoms with Crippen LogP contribution in [0.2, 0.25) is 0 Å². The summed E-state index contributed by atoms with van der Waals surface area (Å²) < 4.78 is 40.9. The standard InChI is InChI=1S/C18H18F3N7O2S/c1-2-13(23-14-7-4-8-22-26-14)24-16-27-28-17(31-16)25-15(29)10-11-5-3-6-12(9-11)30-18(19,20)21/h3-9,13H,2,10H2,1H3,(H,23,26)(H,24,27)(H,25,28,29)/t13-/m1/s1. The molecule has 9 nitrogen and oxygen atoms in total. The Balaban J connectivity index is 1.54. The topological polar surface area (TPSA) is 114 Å². The molecule has 0 unspecified atom stereocenters. The van der Waals surface area contributed by atoms with E-state index in [0.29, 0.717) is 22.9 Å². The zero-order chi connectivity index (χ0) is 22.3. The van der Waals surface area contributed by atoms with Crippen LogP contribution in [0.1, 0.15) is 18.9 Å². The lowest BCUT2D eigenvalue weighted by atomic mass is 10.1. The molecule has 0 bridgehead atoms.